The van der Waals surface area contributed by atoms with Crippen LogP contribution >= 0.6 is 39.1 Å². The van der Waals surface area contributed by atoms with Gasteiger partial charge in [-0.3, -0.25) is 0 Å². The Kier molecular flexibility index (Phi) is 4.89. The lowest BCUT2D eigenvalue weighted by atomic mass is 10.1. The van der Waals surface area contributed by atoms with Crippen LogP contribution in [0.1, 0.15) is 19.5 Å². The quantitative estimate of drug-likeness (QED) is 0.822. The highest BCUT2D eigenvalue weighted by Gasteiger charge is 2.14. The molecule has 1 heterocycles. The number of benzene rings is 1. The van der Waals surface area contributed by atoms with Crippen LogP contribution in [0.4, 0.5) is 5.82 Å². The van der Waals surface area contributed by atoms with Gasteiger partial charge in [-0.2, -0.15) is 0 Å². The molecule has 6 heteroatoms. The summed E-state index contributed by atoms with van der Waals surface area (Å²) in [5.74, 6) is 1.40. The van der Waals surface area contributed by atoms with E-state index in [4.69, 9.17) is 28.9 Å². The van der Waals surface area contributed by atoms with Crippen LogP contribution in [-0.2, 0) is 6.42 Å². The van der Waals surface area contributed by atoms with Gasteiger partial charge < -0.3 is 5.73 Å². The number of hydrogen-bond donors (Lipinski definition) is 1. The average Bonchev–Trinajstić information content (AvgIpc) is 2.34. The molecular formula is C14H14BrCl2N3. The van der Waals surface area contributed by atoms with E-state index < -0.39 is 0 Å². The van der Waals surface area contributed by atoms with Crippen LogP contribution in [0.3, 0.4) is 0 Å². The zero-order valence-corrected chi connectivity index (χ0v) is 14.2. The molecule has 0 aliphatic rings. The van der Waals surface area contributed by atoms with Crippen molar-refractivity contribution in [2.75, 3.05) is 5.73 Å². The number of rotatable bonds is 3. The lowest BCUT2D eigenvalue weighted by Crippen LogP contribution is -2.05. The molecular weight excluding hydrogens is 361 g/mol. The van der Waals surface area contributed by atoms with Gasteiger partial charge in [0.1, 0.15) is 5.82 Å². The highest BCUT2D eigenvalue weighted by Crippen LogP contribution is 2.31. The third-order valence-electron chi connectivity index (χ3n) is 2.72. The largest absolute Gasteiger partial charge is 0.383 e. The Balaban J connectivity index is 2.54. The van der Waals surface area contributed by atoms with E-state index in [2.05, 4.69) is 39.7 Å². The van der Waals surface area contributed by atoms with Gasteiger partial charge in [0.2, 0.25) is 0 Å². The molecule has 2 N–H and O–H groups in total. The fourth-order valence-corrected chi connectivity index (χ4v) is 2.66. The van der Waals surface area contributed by atoms with Crippen LogP contribution in [0.5, 0.6) is 0 Å². The van der Waals surface area contributed by atoms with Gasteiger partial charge in [0.15, 0.2) is 5.82 Å². The van der Waals surface area contributed by atoms with E-state index in [-0.39, 0.29) is 0 Å². The molecule has 1 aromatic carbocycles. The molecule has 0 atom stereocenters. The Bertz CT molecular complexity index is 645. The van der Waals surface area contributed by atoms with E-state index in [1.807, 2.05) is 0 Å². The summed E-state index contributed by atoms with van der Waals surface area (Å²) in [6, 6.07) is 5.22. The minimum Gasteiger partial charge on any atom is -0.383 e. The Labute approximate surface area is 136 Å². The SMILES string of the molecule is CC(C)Cc1nc(-c2ccc(Cl)cc2Cl)nc(N)c1Br. The molecule has 20 heavy (non-hydrogen) atoms. The first-order valence-corrected chi connectivity index (χ1v) is 7.70. The summed E-state index contributed by atoms with van der Waals surface area (Å²) in [6.07, 6.45) is 0.811. The Morgan fingerprint density at radius 3 is 2.55 bits per heavy atom. The van der Waals surface area contributed by atoms with Crippen LogP contribution in [0.15, 0.2) is 22.7 Å². The van der Waals surface area contributed by atoms with Gasteiger partial charge in [-0.15, -0.1) is 0 Å². The molecule has 2 rings (SSSR count). The number of nitrogens with two attached hydrogens (primary N) is 1. The van der Waals surface area contributed by atoms with Crippen LogP contribution in [-0.4, -0.2) is 9.97 Å². The maximum absolute atomic E-state index is 6.20. The fourth-order valence-electron chi connectivity index (χ4n) is 1.83. The van der Waals surface area contributed by atoms with Gasteiger partial charge in [-0.05, 0) is 46.5 Å². The smallest absolute Gasteiger partial charge is 0.163 e. The molecule has 3 nitrogen and oxygen atoms in total. The lowest BCUT2D eigenvalue weighted by Gasteiger charge is -2.11. The van der Waals surface area contributed by atoms with Gasteiger partial charge in [0, 0.05) is 10.6 Å². The van der Waals surface area contributed by atoms with E-state index in [0.29, 0.717) is 27.6 Å². The summed E-state index contributed by atoms with van der Waals surface area (Å²) in [5.41, 5.74) is 7.55. The Hall–Kier alpha value is -0.840. The number of halogens is 3. The average molecular weight is 375 g/mol. The van der Waals surface area contributed by atoms with Gasteiger partial charge in [-0.25, -0.2) is 9.97 Å². The van der Waals surface area contributed by atoms with E-state index >= 15 is 0 Å². The van der Waals surface area contributed by atoms with Crippen molar-refractivity contribution < 1.29 is 0 Å². The molecule has 0 aliphatic carbocycles. The summed E-state index contributed by atoms with van der Waals surface area (Å²) in [7, 11) is 0. The topological polar surface area (TPSA) is 51.8 Å². The van der Waals surface area contributed by atoms with Crippen molar-refractivity contribution in [1.82, 2.24) is 9.97 Å². The number of nitrogen functional groups attached to an aromatic ring is 1. The van der Waals surface area contributed by atoms with E-state index in [9.17, 15) is 0 Å². The number of nitrogens with zero attached hydrogens (tertiary/aromatic N) is 2. The summed E-state index contributed by atoms with van der Waals surface area (Å²) >= 11 is 15.5. The van der Waals surface area contributed by atoms with Crippen molar-refractivity contribution in [1.29, 1.82) is 0 Å². The third-order valence-corrected chi connectivity index (χ3v) is 4.13. The number of aromatic nitrogens is 2. The van der Waals surface area contributed by atoms with Crippen molar-refractivity contribution in [3.63, 3.8) is 0 Å². The minimum absolute atomic E-state index is 0.414. The van der Waals surface area contributed by atoms with Crippen LogP contribution in [0.25, 0.3) is 11.4 Å². The molecule has 0 bridgehead atoms. The van der Waals surface area contributed by atoms with Gasteiger partial charge >= 0.3 is 0 Å². The van der Waals surface area contributed by atoms with Crippen molar-refractivity contribution in [2.24, 2.45) is 5.92 Å². The summed E-state index contributed by atoms with van der Waals surface area (Å²) in [6.45, 7) is 4.25. The second-order valence-electron chi connectivity index (χ2n) is 4.92. The molecule has 1 aromatic heterocycles. The first-order valence-electron chi connectivity index (χ1n) is 6.15. The van der Waals surface area contributed by atoms with Gasteiger partial charge in [0.25, 0.3) is 0 Å². The molecule has 0 saturated carbocycles. The summed E-state index contributed by atoms with van der Waals surface area (Å²) in [4.78, 5) is 8.86. The predicted molar refractivity (Wildman–Crippen MR) is 88.1 cm³/mol. The highest BCUT2D eigenvalue weighted by atomic mass is 79.9. The molecule has 0 amide bonds. The maximum Gasteiger partial charge on any atom is 0.163 e. The maximum atomic E-state index is 6.20. The Morgan fingerprint density at radius 1 is 1.25 bits per heavy atom. The molecule has 2 aromatic rings. The first-order chi connectivity index (χ1) is 9.38. The van der Waals surface area contributed by atoms with Crippen LogP contribution in [0.2, 0.25) is 10.0 Å². The summed E-state index contributed by atoms with van der Waals surface area (Å²) < 4.78 is 0.750. The zero-order chi connectivity index (χ0) is 14.9. The molecule has 0 radical (unpaired) electrons. The van der Waals surface area contributed by atoms with Crippen molar-refractivity contribution in [3.05, 3.63) is 38.4 Å². The predicted octanol–water partition coefficient (Wildman–Crippen LogP) is 4.99. The lowest BCUT2D eigenvalue weighted by molar-refractivity contribution is 0.633. The standard InChI is InChI=1S/C14H14BrCl2N3/c1-7(2)5-11-12(15)13(18)20-14(19-11)9-4-3-8(16)6-10(9)17/h3-4,6-7H,5H2,1-2H3,(H2,18,19,20). The molecule has 0 spiro atoms. The van der Waals surface area contributed by atoms with Gasteiger partial charge in [-0.1, -0.05) is 37.0 Å². The van der Waals surface area contributed by atoms with E-state index in [1.165, 1.54) is 0 Å². The molecule has 0 unspecified atom stereocenters. The third kappa shape index (κ3) is 3.43. The molecule has 0 fully saturated rings. The first kappa shape index (κ1) is 15.5. The van der Waals surface area contributed by atoms with E-state index in [1.54, 1.807) is 18.2 Å². The van der Waals surface area contributed by atoms with Crippen molar-refractivity contribution in [3.8, 4) is 11.4 Å². The summed E-state index contributed by atoms with van der Waals surface area (Å²) in [5, 5.41) is 1.08. The van der Waals surface area contributed by atoms with Crippen LogP contribution in [0, 0.1) is 5.92 Å². The van der Waals surface area contributed by atoms with Crippen molar-refractivity contribution in [2.45, 2.75) is 20.3 Å². The zero-order valence-electron chi connectivity index (χ0n) is 11.1. The molecule has 0 saturated heterocycles. The highest BCUT2D eigenvalue weighted by molar-refractivity contribution is 9.10. The second kappa shape index (κ2) is 6.29. The fraction of sp³-hybridized carbons (Fsp3) is 0.286. The Morgan fingerprint density at radius 2 is 1.95 bits per heavy atom. The second-order valence-corrected chi connectivity index (χ2v) is 6.55. The number of hydrogen-bond acceptors (Lipinski definition) is 3. The van der Waals surface area contributed by atoms with Gasteiger partial charge in [0.05, 0.1) is 15.2 Å². The number of anilines is 1. The minimum atomic E-state index is 0.414. The molecule has 106 valence electrons. The monoisotopic (exact) mass is 373 g/mol. The van der Waals surface area contributed by atoms with Crippen LogP contribution < -0.4 is 5.73 Å². The van der Waals surface area contributed by atoms with Crippen molar-refractivity contribution >= 4 is 44.9 Å². The van der Waals surface area contributed by atoms with E-state index in [0.717, 1.165) is 22.2 Å². The normalized spacial score (nSPS) is 11.1. The molecule has 0 aliphatic heterocycles.